The first kappa shape index (κ1) is 16.7. The third-order valence-corrected chi connectivity index (χ3v) is 5.16. The van der Waals surface area contributed by atoms with Gasteiger partial charge in [-0.2, -0.15) is 5.10 Å². The van der Waals surface area contributed by atoms with Crippen LogP contribution < -0.4 is 10.6 Å². The van der Waals surface area contributed by atoms with Crippen molar-refractivity contribution in [1.29, 1.82) is 0 Å². The molecule has 0 bridgehead atoms. The number of rotatable bonds is 5. The highest BCUT2D eigenvalue weighted by Gasteiger charge is 2.55. The van der Waals surface area contributed by atoms with Crippen LogP contribution in [-0.4, -0.2) is 52.9 Å². The van der Waals surface area contributed by atoms with Gasteiger partial charge in [0, 0.05) is 37.2 Å². The topological polar surface area (TPSA) is 98.1 Å². The normalized spacial score (nSPS) is 24.6. The minimum absolute atomic E-state index is 0.146. The van der Waals surface area contributed by atoms with E-state index >= 15 is 0 Å². The number of nitrogens with zero attached hydrogens (tertiary/aromatic N) is 3. The zero-order valence-corrected chi connectivity index (χ0v) is 14.7. The number of hydrogen-bond donors (Lipinski definition) is 2. The first-order chi connectivity index (χ1) is 12.6. The van der Waals surface area contributed by atoms with Crippen LogP contribution in [0.1, 0.15) is 39.6 Å². The van der Waals surface area contributed by atoms with E-state index in [9.17, 15) is 9.59 Å². The van der Waals surface area contributed by atoms with Crippen molar-refractivity contribution in [3.63, 3.8) is 0 Å². The third kappa shape index (κ3) is 2.86. The molecule has 2 aromatic rings. The summed E-state index contributed by atoms with van der Waals surface area (Å²) in [5.74, 6) is 0.251. The Morgan fingerprint density at radius 1 is 1.27 bits per heavy atom. The number of fused-ring (bicyclic) bond motifs is 1. The number of aromatic nitrogens is 3. The van der Waals surface area contributed by atoms with E-state index in [1.807, 2.05) is 25.1 Å². The van der Waals surface area contributed by atoms with Gasteiger partial charge >= 0.3 is 0 Å². The van der Waals surface area contributed by atoms with E-state index in [0.29, 0.717) is 30.7 Å². The number of pyridine rings is 1. The summed E-state index contributed by atoms with van der Waals surface area (Å²) < 4.78 is 6.93. The van der Waals surface area contributed by atoms with E-state index in [2.05, 4.69) is 20.7 Å². The molecule has 1 aliphatic heterocycles. The second-order valence-corrected chi connectivity index (χ2v) is 6.73. The number of carbonyl (C=O) groups is 2. The van der Waals surface area contributed by atoms with E-state index in [1.54, 1.807) is 10.9 Å². The van der Waals surface area contributed by atoms with Crippen molar-refractivity contribution < 1.29 is 14.3 Å². The van der Waals surface area contributed by atoms with Crippen molar-refractivity contribution in [2.45, 2.75) is 19.0 Å². The molecule has 136 valence electrons. The number of amides is 2. The molecule has 4 rings (SSSR count). The van der Waals surface area contributed by atoms with Gasteiger partial charge in [0.15, 0.2) is 5.69 Å². The fourth-order valence-electron chi connectivity index (χ4n) is 3.53. The van der Waals surface area contributed by atoms with E-state index in [-0.39, 0.29) is 29.6 Å². The van der Waals surface area contributed by atoms with Crippen LogP contribution in [0.2, 0.25) is 0 Å². The Morgan fingerprint density at radius 3 is 2.69 bits per heavy atom. The molecule has 8 heteroatoms. The van der Waals surface area contributed by atoms with Gasteiger partial charge in [-0.15, -0.1) is 0 Å². The molecule has 2 fully saturated rings. The Hall–Kier alpha value is -2.74. The Labute approximate surface area is 150 Å². The standard InChI is InChI=1S/C18H21N5O3/c1-10(13-5-3-4-6-20-13)23-15(7-14(22-23)17(24)19-2)18(25)21-16-11-8-26-9-12(11)16/h3-7,10-12,16H,8-9H2,1-2H3,(H,19,24)(H,21,25)/t10-,11-,12+,16?/m0/s1. The van der Waals surface area contributed by atoms with E-state index in [1.165, 1.54) is 13.1 Å². The highest BCUT2D eigenvalue weighted by Crippen LogP contribution is 2.44. The largest absolute Gasteiger partial charge is 0.381 e. The van der Waals surface area contributed by atoms with Crippen LogP contribution in [0, 0.1) is 11.8 Å². The van der Waals surface area contributed by atoms with Crippen LogP contribution >= 0.6 is 0 Å². The molecule has 26 heavy (non-hydrogen) atoms. The van der Waals surface area contributed by atoms with Crippen LogP contribution in [0.4, 0.5) is 0 Å². The third-order valence-electron chi connectivity index (χ3n) is 5.16. The summed E-state index contributed by atoms with van der Waals surface area (Å²) in [7, 11) is 1.54. The van der Waals surface area contributed by atoms with Gasteiger partial charge in [0.25, 0.3) is 11.8 Å². The molecule has 1 saturated heterocycles. The lowest BCUT2D eigenvalue weighted by Gasteiger charge is -2.15. The van der Waals surface area contributed by atoms with E-state index in [4.69, 9.17) is 4.74 Å². The van der Waals surface area contributed by atoms with E-state index in [0.717, 1.165) is 5.69 Å². The lowest BCUT2D eigenvalue weighted by molar-refractivity contribution is 0.0915. The first-order valence-electron chi connectivity index (χ1n) is 8.71. The maximum absolute atomic E-state index is 12.8. The van der Waals surface area contributed by atoms with Crippen LogP contribution in [-0.2, 0) is 4.74 Å². The summed E-state index contributed by atoms with van der Waals surface area (Å²) in [6.07, 6.45) is 1.69. The smallest absolute Gasteiger partial charge is 0.271 e. The van der Waals surface area contributed by atoms with Gasteiger partial charge in [-0.05, 0) is 19.1 Å². The Morgan fingerprint density at radius 2 is 2.04 bits per heavy atom. The lowest BCUT2D eigenvalue weighted by atomic mass is 10.2. The zero-order valence-electron chi connectivity index (χ0n) is 14.7. The predicted molar refractivity (Wildman–Crippen MR) is 92.7 cm³/mol. The molecule has 2 aromatic heterocycles. The summed E-state index contributed by atoms with van der Waals surface area (Å²) in [6.45, 7) is 3.30. The minimum Gasteiger partial charge on any atom is -0.381 e. The Kier molecular flexibility index (Phi) is 4.20. The quantitative estimate of drug-likeness (QED) is 0.819. The molecule has 0 radical (unpaired) electrons. The van der Waals surface area contributed by atoms with Gasteiger partial charge < -0.3 is 15.4 Å². The molecule has 0 aromatic carbocycles. The van der Waals surface area contributed by atoms with Crippen molar-refractivity contribution in [1.82, 2.24) is 25.4 Å². The molecule has 0 spiro atoms. The molecule has 1 unspecified atom stereocenters. The van der Waals surface area contributed by atoms with Crippen molar-refractivity contribution in [2.75, 3.05) is 20.3 Å². The summed E-state index contributed by atoms with van der Waals surface area (Å²) in [6, 6.07) is 6.98. The van der Waals surface area contributed by atoms with Crippen molar-refractivity contribution in [3.05, 3.63) is 47.5 Å². The summed E-state index contributed by atoms with van der Waals surface area (Å²) >= 11 is 0. The monoisotopic (exact) mass is 355 g/mol. The molecular weight excluding hydrogens is 334 g/mol. The SMILES string of the molecule is CNC(=O)c1cc(C(=O)NC2[C@H]3COC[C@@H]23)n([C@@H](C)c2ccccn2)n1. The minimum atomic E-state index is -0.331. The number of carbonyl (C=O) groups excluding carboxylic acids is 2. The van der Waals surface area contributed by atoms with Crippen molar-refractivity contribution in [3.8, 4) is 0 Å². The highest BCUT2D eigenvalue weighted by atomic mass is 16.5. The first-order valence-corrected chi connectivity index (χ1v) is 8.71. The van der Waals surface area contributed by atoms with E-state index < -0.39 is 0 Å². The molecule has 8 nitrogen and oxygen atoms in total. The number of nitrogens with one attached hydrogen (secondary N) is 2. The number of ether oxygens (including phenoxy) is 1. The molecule has 1 aliphatic carbocycles. The Balaban J connectivity index is 1.62. The van der Waals surface area contributed by atoms with Crippen molar-refractivity contribution >= 4 is 11.8 Å². The maximum Gasteiger partial charge on any atom is 0.271 e. The fraction of sp³-hybridized carbons (Fsp3) is 0.444. The van der Waals surface area contributed by atoms with Crippen molar-refractivity contribution in [2.24, 2.45) is 11.8 Å². The average molecular weight is 355 g/mol. The highest BCUT2D eigenvalue weighted by molar-refractivity contribution is 5.98. The zero-order chi connectivity index (χ0) is 18.3. The number of hydrogen-bond acceptors (Lipinski definition) is 5. The van der Waals surface area contributed by atoms with Gasteiger partial charge in [-0.3, -0.25) is 19.3 Å². The molecule has 1 saturated carbocycles. The van der Waals surface area contributed by atoms with Gasteiger partial charge in [-0.1, -0.05) is 6.07 Å². The Bertz CT molecular complexity index is 825. The summed E-state index contributed by atoms with van der Waals surface area (Å²) in [4.78, 5) is 29.2. The summed E-state index contributed by atoms with van der Waals surface area (Å²) in [5, 5.41) is 9.96. The van der Waals surface area contributed by atoms with Crippen LogP contribution in [0.3, 0.4) is 0 Å². The second-order valence-electron chi connectivity index (χ2n) is 6.73. The average Bonchev–Trinajstić information content (AvgIpc) is 3.07. The molecule has 2 N–H and O–H groups in total. The van der Waals surface area contributed by atoms with Crippen LogP contribution in [0.15, 0.2) is 30.5 Å². The van der Waals surface area contributed by atoms with Gasteiger partial charge in [0.05, 0.1) is 24.9 Å². The molecular formula is C18H21N5O3. The fourth-order valence-corrected chi connectivity index (χ4v) is 3.53. The van der Waals surface area contributed by atoms with Crippen LogP contribution in [0.5, 0.6) is 0 Å². The van der Waals surface area contributed by atoms with Gasteiger partial charge in [-0.25, -0.2) is 0 Å². The van der Waals surface area contributed by atoms with Gasteiger partial charge in [0.1, 0.15) is 5.69 Å². The maximum atomic E-state index is 12.8. The van der Waals surface area contributed by atoms with Crippen LogP contribution in [0.25, 0.3) is 0 Å². The summed E-state index contributed by atoms with van der Waals surface area (Å²) in [5.41, 5.74) is 1.33. The second kappa shape index (κ2) is 6.53. The van der Waals surface area contributed by atoms with Gasteiger partial charge in [0.2, 0.25) is 0 Å². The lowest BCUT2D eigenvalue weighted by Crippen LogP contribution is -2.32. The molecule has 3 heterocycles. The molecule has 2 amide bonds. The molecule has 4 atom stereocenters. The predicted octanol–water partition coefficient (Wildman–Crippen LogP) is 0.622. The molecule has 2 aliphatic rings.